The molecule has 0 amide bonds. The third kappa shape index (κ3) is 3.17. The number of anilines is 1. The first-order chi connectivity index (χ1) is 8.88. The number of nitrogen functional groups attached to an aromatic ring is 1. The van der Waals surface area contributed by atoms with Gasteiger partial charge < -0.3 is 5.73 Å². The zero-order valence-electron chi connectivity index (χ0n) is 11.1. The summed E-state index contributed by atoms with van der Waals surface area (Å²) in [6.45, 7) is 4.31. The van der Waals surface area contributed by atoms with Gasteiger partial charge in [-0.1, -0.05) is 29.8 Å². The zero-order valence-corrected chi connectivity index (χ0v) is 14.3. The first-order valence-corrected chi connectivity index (χ1v) is 7.62. The molecule has 102 valence electrons. The summed E-state index contributed by atoms with van der Waals surface area (Å²) in [4.78, 5) is 4.59. The summed E-state index contributed by atoms with van der Waals surface area (Å²) in [5.41, 5.74) is 7.67. The molecule has 0 unspecified atom stereocenters. The van der Waals surface area contributed by atoms with Crippen molar-refractivity contribution < 1.29 is 0 Å². The van der Waals surface area contributed by atoms with Crippen molar-refractivity contribution in [3.63, 3.8) is 0 Å². The molecule has 0 spiro atoms. The molecule has 4 nitrogen and oxygen atoms in total. The van der Waals surface area contributed by atoms with Gasteiger partial charge in [0, 0.05) is 28.0 Å². The lowest BCUT2D eigenvalue weighted by atomic mass is 10.1. The summed E-state index contributed by atoms with van der Waals surface area (Å²) < 4.78 is 3.59. The van der Waals surface area contributed by atoms with Crippen LogP contribution in [0.3, 0.4) is 0 Å². The maximum Gasteiger partial charge on any atom is 0.160 e. The van der Waals surface area contributed by atoms with Gasteiger partial charge >= 0.3 is 0 Å². The van der Waals surface area contributed by atoms with Crippen LogP contribution in [0, 0.1) is 5.92 Å². The van der Waals surface area contributed by atoms with E-state index in [1.165, 1.54) is 0 Å². The van der Waals surface area contributed by atoms with Crippen LogP contribution in [-0.4, -0.2) is 14.8 Å². The Morgan fingerprint density at radius 2 is 2.00 bits per heavy atom. The first kappa shape index (κ1) is 14.5. The number of hydrogen-bond donors (Lipinski definition) is 1. The second-order valence-electron chi connectivity index (χ2n) is 4.92. The molecular formula is C13H16Br2N4. The van der Waals surface area contributed by atoms with E-state index < -0.39 is 0 Å². The standard InChI is InChI=1S/C13H16Br2N4/c1-7(2)4-11-17-13(19(3)18-11)9-5-8(14)6-10(15)12(9)16/h5-7H,4,16H2,1-3H3. The highest BCUT2D eigenvalue weighted by molar-refractivity contribution is 9.11. The normalized spacial score (nSPS) is 11.3. The topological polar surface area (TPSA) is 56.7 Å². The van der Waals surface area contributed by atoms with Crippen LogP contribution >= 0.6 is 31.9 Å². The monoisotopic (exact) mass is 386 g/mol. The molecule has 2 rings (SSSR count). The number of aryl methyl sites for hydroxylation is 1. The molecule has 0 aliphatic rings. The van der Waals surface area contributed by atoms with E-state index in [1.54, 1.807) is 4.68 Å². The predicted octanol–water partition coefficient (Wildman–Crippen LogP) is 3.79. The highest BCUT2D eigenvalue weighted by atomic mass is 79.9. The van der Waals surface area contributed by atoms with Gasteiger partial charge in [-0.3, -0.25) is 0 Å². The van der Waals surface area contributed by atoms with Crippen LogP contribution < -0.4 is 5.73 Å². The van der Waals surface area contributed by atoms with E-state index >= 15 is 0 Å². The van der Waals surface area contributed by atoms with Crippen LogP contribution in [-0.2, 0) is 13.5 Å². The van der Waals surface area contributed by atoms with Gasteiger partial charge in [0.1, 0.15) is 0 Å². The Bertz CT molecular complexity index is 605. The lowest BCUT2D eigenvalue weighted by molar-refractivity contribution is 0.613. The maximum absolute atomic E-state index is 6.11. The van der Waals surface area contributed by atoms with E-state index in [-0.39, 0.29) is 0 Å². The summed E-state index contributed by atoms with van der Waals surface area (Å²) in [5, 5.41) is 4.45. The van der Waals surface area contributed by atoms with E-state index in [4.69, 9.17) is 5.73 Å². The van der Waals surface area contributed by atoms with E-state index in [0.717, 1.165) is 32.6 Å². The van der Waals surface area contributed by atoms with Crippen molar-refractivity contribution >= 4 is 37.5 Å². The summed E-state index contributed by atoms with van der Waals surface area (Å²) >= 11 is 6.93. The van der Waals surface area contributed by atoms with Crippen molar-refractivity contribution in [1.29, 1.82) is 0 Å². The fraction of sp³-hybridized carbons (Fsp3) is 0.385. The van der Waals surface area contributed by atoms with Gasteiger partial charge in [0.05, 0.1) is 5.69 Å². The van der Waals surface area contributed by atoms with Gasteiger partial charge in [0.2, 0.25) is 0 Å². The second-order valence-corrected chi connectivity index (χ2v) is 6.69. The molecule has 0 aliphatic heterocycles. The maximum atomic E-state index is 6.11. The van der Waals surface area contributed by atoms with Gasteiger partial charge in [-0.25, -0.2) is 9.67 Å². The lowest BCUT2D eigenvalue weighted by Crippen LogP contribution is -1.99. The van der Waals surface area contributed by atoms with Crippen molar-refractivity contribution in [2.45, 2.75) is 20.3 Å². The van der Waals surface area contributed by atoms with Gasteiger partial charge in [0.25, 0.3) is 0 Å². The number of rotatable bonds is 3. The highest BCUT2D eigenvalue weighted by Crippen LogP contribution is 2.34. The summed E-state index contributed by atoms with van der Waals surface area (Å²) in [5.74, 6) is 2.17. The van der Waals surface area contributed by atoms with Gasteiger partial charge in [-0.15, -0.1) is 0 Å². The third-order valence-electron chi connectivity index (χ3n) is 2.73. The van der Waals surface area contributed by atoms with Crippen LogP contribution in [0.25, 0.3) is 11.4 Å². The van der Waals surface area contributed by atoms with Crippen molar-refractivity contribution in [2.75, 3.05) is 5.73 Å². The molecule has 0 fully saturated rings. The molecule has 19 heavy (non-hydrogen) atoms. The van der Waals surface area contributed by atoms with Crippen LogP contribution in [0.1, 0.15) is 19.7 Å². The number of halogens is 2. The molecule has 2 N–H and O–H groups in total. The summed E-state index contributed by atoms with van der Waals surface area (Å²) in [6.07, 6.45) is 0.864. The second kappa shape index (κ2) is 5.63. The Kier molecular flexibility index (Phi) is 4.30. The molecule has 1 aromatic carbocycles. The molecule has 2 aromatic rings. The van der Waals surface area contributed by atoms with E-state index in [0.29, 0.717) is 11.6 Å². The Morgan fingerprint density at radius 3 is 2.63 bits per heavy atom. The van der Waals surface area contributed by atoms with E-state index in [9.17, 15) is 0 Å². The Hall–Kier alpha value is -0.880. The zero-order chi connectivity index (χ0) is 14.2. The minimum absolute atomic E-state index is 0.529. The quantitative estimate of drug-likeness (QED) is 0.815. The van der Waals surface area contributed by atoms with Crippen LogP contribution in [0.5, 0.6) is 0 Å². The molecule has 0 bridgehead atoms. The average molecular weight is 388 g/mol. The average Bonchev–Trinajstić information content (AvgIpc) is 2.63. The number of hydrogen-bond acceptors (Lipinski definition) is 3. The van der Waals surface area contributed by atoms with Crippen LogP contribution in [0.4, 0.5) is 5.69 Å². The Morgan fingerprint density at radius 1 is 1.32 bits per heavy atom. The number of benzene rings is 1. The Balaban J connectivity index is 2.50. The van der Waals surface area contributed by atoms with E-state index in [2.05, 4.69) is 55.8 Å². The van der Waals surface area contributed by atoms with Gasteiger partial charge in [-0.05, 0) is 34.0 Å². The number of nitrogens with zero attached hydrogens (tertiary/aromatic N) is 3. The van der Waals surface area contributed by atoms with Crippen molar-refractivity contribution in [1.82, 2.24) is 14.8 Å². The van der Waals surface area contributed by atoms with Crippen molar-refractivity contribution in [3.8, 4) is 11.4 Å². The number of aromatic nitrogens is 3. The SMILES string of the molecule is CC(C)Cc1nc(-c2cc(Br)cc(Br)c2N)n(C)n1. The molecule has 1 heterocycles. The van der Waals surface area contributed by atoms with Crippen LogP contribution in [0.15, 0.2) is 21.1 Å². The summed E-state index contributed by atoms with van der Waals surface area (Å²) in [7, 11) is 1.89. The first-order valence-electron chi connectivity index (χ1n) is 6.03. The predicted molar refractivity (Wildman–Crippen MR) is 84.8 cm³/mol. The van der Waals surface area contributed by atoms with Gasteiger partial charge in [0.15, 0.2) is 11.6 Å². The minimum Gasteiger partial charge on any atom is -0.397 e. The molecule has 0 saturated carbocycles. The lowest BCUT2D eigenvalue weighted by Gasteiger charge is -2.07. The van der Waals surface area contributed by atoms with Crippen molar-refractivity contribution in [3.05, 3.63) is 26.9 Å². The molecule has 1 aromatic heterocycles. The summed E-state index contributed by atoms with van der Waals surface area (Å²) in [6, 6.07) is 3.88. The van der Waals surface area contributed by atoms with Gasteiger partial charge in [-0.2, -0.15) is 5.10 Å². The molecular weight excluding hydrogens is 372 g/mol. The third-order valence-corrected chi connectivity index (χ3v) is 3.85. The van der Waals surface area contributed by atoms with E-state index in [1.807, 2.05) is 19.2 Å². The Labute approximate surface area is 129 Å². The smallest absolute Gasteiger partial charge is 0.160 e. The number of nitrogens with two attached hydrogens (primary N) is 1. The molecule has 0 radical (unpaired) electrons. The molecule has 0 saturated heterocycles. The largest absolute Gasteiger partial charge is 0.397 e. The minimum atomic E-state index is 0.529. The van der Waals surface area contributed by atoms with Crippen LogP contribution in [0.2, 0.25) is 0 Å². The molecule has 0 atom stereocenters. The highest BCUT2D eigenvalue weighted by Gasteiger charge is 2.15. The molecule has 0 aliphatic carbocycles. The fourth-order valence-corrected chi connectivity index (χ4v) is 3.12. The fourth-order valence-electron chi connectivity index (χ4n) is 1.89. The molecule has 6 heteroatoms. The van der Waals surface area contributed by atoms with Crippen molar-refractivity contribution in [2.24, 2.45) is 13.0 Å².